The lowest BCUT2D eigenvalue weighted by Crippen LogP contribution is -2.52. The van der Waals surface area contributed by atoms with E-state index in [1.807, 2.05) is 19.9 Å². The molecule has 0 saturated heterocycles. The minimum absolute atomic E-state index is 0.0420. The van der Waals surface area contributed by atoms with E-state index >= 15 is 0 Å². The summed E-state index contributed by atoms with van der Waals surface area (Å²) in [5.74, 6) is -0.238. The van der Waals surface area contributed by atoms with E-state index in [2.05, 4.69) is 5.32 Å². The number of carbonyl (C=O) groups excluding carboxylic acids is 2. The summed E-state index contributed by atoms with van der Waals surface area (Å²) in [6.45, 7) is 7.18. The first-order valence-corrected chi connectivity index (χ1v) is 14.9. The van der Waals surface area contributed by atoms with E-state index in [0.717, 1.165) is 15.4 Å². The molecule has 1 N–H and O–H groups in total. The Balaban J connectivity index is 2.11. The molecular formula is C30H36ClN3O5S. The highest BCUT2D eigenvalue weighted by atomic mass is 35.5. The predicted octanol–water partition coefficient (Wildman–Crippen LogP) is 5.10. The number of anilines is 1. The number of hydrogen-bond donors (Lipinski definition) is 1. The van der Waals surface area contributed by atoms with Gasteiger partial charge < -0.3 is 15.0 Å². The molecule has 3 rings (SSSR count). The van der Waals surface area contributed by atoms with E-state index in [4.69, 9.17) is 16.3 Å². The van der Waals surface area contributed by atoms with Gasteiger partial charge in [-0.1, -0.05) is 54.4 Å². The zero-order valence-electron chi connectivity index (χ0n) is 23.5. The van der Waals surface area contributed by atoms with Crippen molar-refractivity contribution >= 4 is 39.1 Å². The molecule has 1 atom stereocenters. The number of amides is 2. The molecule has 10 heteroatoms. The van der Waals surface area contributed by atoms with Crippen molar-refractivity contribution in [1.82, 2.24) is 10.2 Å². The summed E-state index contributed by atoms with van der Waals surface area (Å²) < 4.78 is 34.4. The largest absolute Gasteiger partial charge is 0.497 e. The number of ether oxygens (including phenoxy) is 1. The zero-order valence-corrected chi connectivity index (χ0v) is 25.1. The second-order valence-corrected chi connectivity index (χ2v) is 11.7. The summed E-state index contributed by atoms with van der Waals surface area (Å²) in [6, 6.07) is 17.7. The Morgan fingerprint density at radius 3 is 2.33 bits per heavy atom. The molecule has 0 spiro atoms. The van der Waals surface area contributed by atoms with Gasteiger partial charge in [-0.25, -0.2) is 8.42 Å². The Hall–Kier alpha value is -3.56. The minimum atomic E-state index is -4.18. The number of carbonyl (C=O) groups is 2. The van der Waals surface area contributed by atoms with Gasteiger partial charge in [0.1, 0.15) is 18.3 Å². The number of sulfonamides is 1. The maximum Gasteiger partial charge on any atom is 0.264 e. The third kappa shape index (κ3) is 7.34. The van der Waals surface area contributed by atoms with Gasteiger partial charge in [0.15, 0.2) is 0 Å². The van der Waals surface area contributed by atoms with Crippen LogP contribution in [0.2, 0.25) is 5.02 Å². The maximum absolute atomic E-state index is 14.1. The fourth-order valence-electron chi connectivity index (χ4n) is 4.38. The second kappa shape index (κ2) is 13.7. The molecule has 0 saturated carbocycles. The topological polar surface area (TPSA) is 96.0 Å². The van der Waals surface area contributed by atoms with E-state index in [1.54, 1.807) is 63.4 Å². The van der Waals surface area contributed by atoms with Crippen LogP contribution in [-0.2, 0) is 26.2 Å². The fraction of sp³-hybridized carbons (Fsp3) is 0.333. The number of hydrogen-bond acceptors (Lipinski definition) is 5. The van der Waals surface area contributed by atoms with Crippen molar-refractivity contribution in [3.05, 3.63) is 88.4 Å². The molecule has 3 aromatic carbocycles. The average molecular weight is 586 g/mol. The average Bonchev–Trinajstić information content (AvgIpc) is 2.93. The molecule has 0 fully saturated rings. The Kier molecular flexibility index (Phi) is 10.6. The van der Waals surface area contributed by atoms with Gasteiger partial charge in [-0.15, -0.1) is 0 Å². The highest BCUT2D eigenvalue weighted by molar-refractivity contribution is 7.92. The van der Waals surface area contributed by atoms with Crippen molar-refractivity contribution in [3.63, 3.8) is 0 Å². The summed E-state index contributed by atoms with van der Waals surface area (Å²) >= 11 is 6.28. The van der Waals surface area contributed by atoms with Crippen LogP contribution < -0.4 is 14.4 Å². The van der Waals surface area contributed by atoms with Crippen molar-refractivity contribution in [2.75, 3.05) is 24.5 Å². The van der Waals surface area contributed by atoms with Crippen LogP contribution in [0.1, 0.15) is 37.0 Å². The standard InChI is InChI=1S/C30H36ClN3O5S/c1-6-27(30(36)32-7-2)33(19-23-9-8-10-25(17-23)39-5)29(35)20-34(28-18-24(31)14-13-22(28)4)40(37,38)26-15-11-21(3)12-16-26/h8-18,27H,6-7,19-20H2,1-5H3,(H,32,36). The monoisotopic (exact) mass is 585 g/mol. The van der Waals surface area contributed by atoms with Crippen molar-refractivity contribution in [3.8, 4) is 5.75 Å². The second-order valence-electron chi connectivity index (χ2n) is 9.45. The number of halogens is 1. The van der Waals surface area contributed by atoms with Crippen LogP contribution in [0, 0.1) is 13.8 Å². The third-order valence-corrected chi connectivity index (χ3v) is 8.56. The number of methoxy groups -OCH3 is 1. The van der Waals surface area contributed by atoms with Crippen LogP contribution in [0.15, 0.2) is 71.6 Å². The van der Waals surface area contributed by atoms with Crippen molar-refractivity contribution in [2.45, 2.75) is 51.6 Å². The van der Waals surface area contributed by atoms with Gasteiger partial charge >= 0.3 is 0 Å². The molecule has 0 aliphatic carbocycles. The van der Waals surface area contributed by atoms with Gasteiger partial charge in [-0.3, -0.25) is 13.9 Å². The van der Waals surface area contributed by atoms with E-state index in [9.17, 15) is 18.0 Å². The highest BCUT2D eigenvalue weighted by Crippen LogP contribution is 2.30. The summed E-state index contributed by atoms with van der Waals surface area (Å²) in [7, 11) is -2.63. The lowest BCUT2D eigenvalue weighted by molar-refractivity contribution is -0.140. The molecule has 0 radical (unpaired) electrons. The van der Waals surface area contributed by atoms with Crippen molar-refractivity contribution < 1.29 is 22.7 Å². The first-order chi connectivity index (χ1) is 19.0. The van der Waals surface area contributed by atoms with E-state index < -0.39 is 28.5 Å². The third-order valence-electron chi connectivity index (χ3n) is 6.55. The number of aryl methyl sites for hydroxylation is 2. The van der Waals surface area contributed by atoms with Crippen LogP contribution in [-0.4, -0.2) is 51.4 Å². The molecule has 8 nitrogen and oxygen atoms in total. The molecule has 3 aromatic rings. The van der Waals surface area contributed by atoms with Crippen LogP contribution in [0.3, 0.4) is 0 Å². The molecular weight excluding hydrogens is 550 g/mol. The van der Waals surface area contributed by atoms with E-state index in [1.165, 1.54) is 23.1 Å². The Labute approximate surface area is 241 Å². The quantitative estimate of drug-likeness (QED) is 0.319. The number of nitrogens with zero attached hydrogens (tertiary/aromatic N) is 2. The number of likely N-dealkylation sites (N-methyl/N-ethyl adjacent to an activating group) is 1. The Morgan fingerprint density at radius 1 is 1.00 bits per heavy atom. The van der Waals surface area contributed by atoms with Crippen LogP contribution in [0.4, 0.5) is 5.69 Å². The van der Waals surface area contributed by atoms with Gasteiger partial charge in [-0.05, 0) is 74.7 Å². The van der Waals surface area contributed by atoms with Crippen molar-refractivity contribution in [1.29, 1.82) is 0 Å². The maximum atomic E-state index is 14.1. The summed E-state index contributed by atoms with van der Waals surface area (Å²) in [5.41, 5.74) is 2.55. The van der Waals surface area contributed by atoms with Crippen LogP contribution in [0.25, 0.3) is 0 Å². The van der Waals surface area contributed by atoms with Gasteiger partial charge in [0.2, 0.25) is 11.8 Å². The predicted molar refractivity (Wildman–Crippen MR) is 158 cm³/mol. The summed E-state index contributed by atoms with van der Waals surface area (Å²) in [6.07, 6.45) is 0.336. The SMILES string of the molecule is CCNC(=O)C(CC)N(Cc1cccc(OC)c1)C(=O)CN(c1cc(Cl)ccc1C)S(=O)(=O)c1ccc(C)cc1. The Bertz CT molecular complexity index is 1440. The number of nitrogens with one attached hydrogen (secondary N) is 1. The lowest BCUT2D eigenvalue weighted by Gasteiger charge is -2.33. The fourth-order valence-corrected chi connectivity index (χ4v) is 6.02. The summed E-state index contributed by atoms with van der Waals surface area (Å²) in [4.78, 5) is 28.6. The first kappa shape index (κ1) is 31.0. The van der Waals surface area contributed by atoms with Crippen LogP contribution >= 0.6 is 11.6 Å². The first-order valence-electron chi connectivity index (χ1n) is 13.1. The normalized spacial score (nSPS) is 11.9. The highest BCUT2D eigenvalue weighted by Gasteiger charge is 2.34. The molecule has 0 aliphatic rings. The lowest BCUT2D eigenvalue weighted by atomic mass is 10.1. The number of benzene rings is 3. The van der Waals surface area contributed by atoms with E-state index in [0.29, 0.717) is 29.3 Å². The number of rotatable bonds is 12. The smallest absolute Gasteiger partial charge is 0.264 e. The molecule has 0 aliphatic heterocycles. The summed E-state index contributed by atoms with van der Waals surface area (Å²) in [5, 5.41) is 3.13. The molecule has 1 unspecified atom stereocenters. The minimum Gasteiger partial charge on any atom is -0.497 e. The van der Waals surface area contributed by atoms with Gasteiger partial charge in [0.05, 0.1) is 17.7 Å². The molecule has 40 heavy (non-hydrogen) atoms. The molecule has 2 amide bonds. The van der Waals surface area contributed by atoms with E-state index in [-0.39, 0.29) is 23.0 Å². The van der Waals surface area contributed by atoms with Gasteiger partial charge in [0, 0.05) is 18.1 Å². The van der Waals surface area contributed by atoms with Crippen molar-refractivity contribution in [2.24, 2.45) is 0 Å². The molecule has 0 aromatic heterocycles. The molecule has 214 valence electrons. The zero-order chi connectivity index (χ0) is 29.4. The van der Waals surface area contributed by atoms with Gasteiger partial charge in [0.25, 0.3) is 10.0 Å². The molecule has 0 heterocycles. The Morgan fingerprint density at radius 2 is 1.70 bits per heavy atom. The molecule has 0 bridgehead atoms. The van der Waals surface area contributed by atoms with Gasteiger partial charge in [-0.2, -0.15) is 0 Å². The van der Waals surface area contributed by atoms with Crippen LogP contribution in [0.5, 0.6) is 5.75 Å².